The molecule has 1 amide bonds. The minimum Gasteiger partial charge on any atom is -0.490 e. The maximum Gasteiger partial charge on any atom is 0.273 e. The lowest BCUT2D eigenvalue weighted by Gasteiger charge is -2.18. The Kier molecular flexibility index (Phi) is 5.74. The highest BCUT2D eigenvalue weighted by atomic mass is 16.5. The summed E-state index contributed by atoms with van der Waals surface area (Å²) in [5, 5.41) is 3.07. The summed E-state index contributed by atoms with van der Waals surface area (Å²) in [4.78, 5) is 38.7. The molecule has 1 aromatic heterocycles. The number of nitrogens with zero attached hydrogens (tertiary/aromatic N) is 2. The van der Waals surface area contributed by atoms with Gasteiger partial charge in [-0.25, -0.2) is 4.68 Å². The third-order valence-electron chi connectivity index (χ3n) is 4.31. The number of hydrogen-bond acceptors (Lipinski definition) is 4. The zero-order chi connectivity index (χ0) is 20.1. The number of benzene rings is 2. The van der Waals surface area contributed by atoms with Crippen LogP contribution >= 0.6 is 0 Å². The number of amides is 1. The van der Waals surface area contributed by atoms with Gasteiger partial charge in [0.2, 0.25) is 5.91 Å². The molecule has 0 atom stereocenters. The van der Waals surface area contributed by atoms with Gasteiger partial charge in [-0.1, -0.05) is 36.9 Å². The van der Waals surface area contributed by atoms with E-state index in [1.807, 2.05) is 24.3 Å². The van der Waals surface area contributed by atoms with Gasteiger partial charge in [-0.05, 0) is 29.8 Å². The van der Waals surface area contributed by atoms with E-state index < -0.39 is 11.1 Å². The van der Waals surface area contributed by atoms with Crippen molar-refractivity contribution in [2.24, 2.45) is 0 Å². The van der Waals surface area contributed by atoms with Gasteiger partial charge in [-0.15, -0.1) is 0 Å². The summed E-state index contributed by atoms with van der Waals surface area (Å²) in [6.45, 7) is 4.15. The Balaban J connectivity index is 1.72. The van der Waals surface area contributed by atoms with E-state index in [9.17, 15) is 14.4 Å². The largest absolute Gasteiger partial charge is 0.490 e. The van der Waals surface area contributed by atoms with Gasteiger partial charge in [0.05, 0.1) is 10.8 Å². The number of carbonyl (C=O) groups is 1. The second kappa shape index (κ2) is 8.39. The van der Waals surface area contributed by atoms with Gasteiger partial charge in [0.15, 0.2) is 0 Å². The van der Waals surface area contributed by atoms with Crippen molar-refractivity contribution in [3.05, 3.63) is 87.5 Å². The standard InChI is InChI=1S/C21H21N3O4/c1-3-12-28-16-10-8-15(9-11-16)13-23(2)19(25)14-24-21(27)18-7-5-4-6-17(18)20(26)22-24/h3-11H,1,12-14H2,2H3,(H,22,26). The molecule has 1 heterocycles. The maximum atomic E-state index is 12.5. The summed E-state index contributed by atoms with van der Waals surface area (Å²) in [6.07, 6.45) is 1.67. The summed E-state index contributed by atoms with van der Waals surface area (Å²) < 4.78 is 6.48. The predicted molar refractivity (Wildman–Crippen MR) is 107 cm³/mol. The first-order chi connectivity index (χ1) is 13.5. The number of ether oxygens (including phenoxy) is 1. The van der Waals surface area contributed by atoms with Gasteiger partial charge in [0.25, 0.3) is 11.1 Å². The lowest BCUT2D eigenvalue weighted by Crippen LogP contribution is -2.37. The number of likely N-dealkylation sites (N-methyl/N-ethyl adjacent to an activating group) is 1. The van der Waals surface area contributed by atoms with Crippen LogP contribution in [0.4, 0.5) is 0 Å². The number of rotatable bonds is 7. The topological polar surface area (TPSA) is 84.4 Å². The van der Waals surface area contributed by atoms with E-state index in [0.29, 0.717) is 18.5 Å². The third-order valence-corrected chi connectivity index (χ3v) is 4.31. The SMILES string of the molecule is C=CCOc1ccc(CN(C)C(=O)Cn2[nH]c(=O)c3ccccc3c2=O)cc1. The van der Waals surface area contributed by atoms with Crippen LogP contribution in [-0.4, -0.2) is 34.2 Å². The molecule has 1 N–H and O–H groups in total. The van der Waals surface area contributed by atoms with E-state index in [0.717, 1.165) is 16.0 Å². The molecule has 3 aromatic rings. The molecule has 0 radical (unpaired) electrons. The normalized spacial score (nSPS) is 10.6. The van der Waals surface area contributed by atoms with Crippen LogP contribution in [0.2, 0.25) is 0 Å². The molecule has 0 spiro atoms. The first-order valence-corrected chi connectivity index (χ1v) is 8.78. The molecule has 0 bridgehead atoms. The van der Waals surface area contributed by atoms with Crippen molar-refractivity contribution in [1.29, 1.82) is 0 Å². The van der Waals surface area contributed by atoms with E-state index in [2.05, 4.69) is 11.7 Å². The van der Waals surface area contributed by atoms with Crippen LogP contribution < -0.4 is 15.9 Å². The maximum absolute atomic E-state index is 12.5. The first-order valence-electron chi connectivity index (χ1n) is 8.78. The molecule has 7 nitrogen and oxygen atoms in total. The van der Waals surface area contributed by atoms with Crippen molar-refractivity contribution in [3.8, 4) is 5.75 Å². The highest BCUT2D eigenvalue weighted by Crippen LogP contribution is 2.13. The van der Waals surface area contributed by atoms with Crippen molar-refractivity contribution < 1.29 is 9.53 Å². The fourth-order valence-corrected chi connectivity index (χ4v) is 2.82. The quantitative estimate of drug-likeness (QED) is 0.636. The average molecular weight is 379 g/mol. The first kappa shape index (κ1) is 19.2. The Labute approximate surface area is 161 Å². The van der Waals surface area contributed by atoms with Gasteiger partial charge in [0.1, 0.15) is 18.9 Å². The fraction of sp³-hybridized carbons (Fsp3) is 0.190. The summed E-state index contributed by atoms with van der Waals surface area (Å²) in [5.41, 5.74) is 0.114. The minimum absolute atomic E-state index is 0.240. The molecule has 3 rings (SSSR count). The summed E-state index contributed by atoms with van der Waals surface area (Å²) >= 11 is 0. The fourth-order valence-electron chi connectivity index (χ4n) is 2.82. The van der Waals surface area contributed by atoms with E-state index in [1.54, 1.807) is 37.4 Å². The van der Waals surface area contributed by atoms with Crippen LogP contribution in [0.1, 0.15) is 5.56 Å². The second-order valence-corrected chi connectivity index (χ2v) is 6.37. The van der Waals surface area contributed by atoms with E-state index >= 15 is 0 Å². The van der Waals surface area contributed by atoms with Gasteiger partial charge < -0.3 is 9.64 Å². The Hall–Kier alpha value is -3.61. The highest BCUT2D eigenvalue weighted by molar-refractivity contribution is 5.81. The number of aromatic nitrogens is 2. The van der Waals surface area contributed by atoms with Crippen LogP contribution in [0.25, 0.3) is 10.8 Å². The molecule has 28 heavy (non-hydrogen) atoms. The average Bonchev–Trinajstić information content (AvgIpc) is 2.71. The van der Waals surface area contributed by atoms with Crippen molar-refractivity contribution in [3.63, 3.8) is 0 Å². The number of nitrogens with one attached hydrogen (secondary N) is 1. The monoisotopic (exact) mass is 379 g/mol. The minimum atomic E-state index is -0.402. The Bertz CT molecular complexity index is 1110. The van der Waals surface area contributed by atoms with E-state index in [4.69, 9.17) is 4.74 Å². The molecule has 7 heteroatoms. The van der Waals surface area contributed by atoms with E-state index in [1.165, 1.54) is 4.90 Å². The number of fused-ring (bicyclic) bond motifs is 1. The van der Waals surface area contributed by atoms with Crippen LogP contribution in [0, 0.1) is 0 Å². The molecule has 0 saturated carbocycles. The van der Waals surface area contributed by atoms with Crippen molar-refractivity contribution in [2.75, 3.05) is 13.7 Å². The van der Waals surface area contributed by atoms with Crippen LogP contribution in [0.5, 0.6) is 5.75 Å². The van der Waals surface area contributed by atoms with Crippen LogP contribution in [-0.2, 0) is 17.9 Å². The lowest BCUT2D eigenvalue weighted by atomic mass is 10.2. The zero-order valence-corrected chi connectivity index (χ0v) is 15.6. The molecule has 0 aliphatic carbocycles. The smallest absolute Gasteiger partial charge is 0.273 e. The molecule has 0 fully saturated rings. The van der Waals surface area contributed by atoms with Gasteiger partial charge in [0, 0.05) is 13.6 Å². The Morgan fingerprint density at radius 2 is 1.82 bits per heavy atom. The van der Waals surface area contributed by atoms with Crippen LogP contribution in [0.3, 0.4) is 0 Å². The molecule has 0 aliphatic heterocycles. The molecule has 2 aromatic carbocycles. The molecular weight excluding hydrogens is 358 g/mol. The molecule has 0 unspecified atom stereocenters. The predicted octanol–water partition coefficient (Wildman–Crippen LogP) is 1.91. The number of aromatic amines is 1. The molecule has 0 saturated heterocycles. The third kappa shape index (κ3) is 4.20. The summed E-state index contributed by atoms with van der Waals surface area (Å²) in [6, 6.07) is 13.9. The van der Waals surface area contributed by atoms with Crippen molar-refractivity contribution in [1.82, 2.24) is 14.7 Å². The van der Waals surface area contributed by atoms with E-state index in [-0.39, 0.29) is 17.8 Å². The molecule has 0 aliphatic rings. The van der Waals surface area contributed by atoms with Gasteiger partial charge in [-0.2, -0.15) is 0 Å². The van der Waals surface area contributed by atoms with Gasteiger partial charge >= 0.3 is 0 Å². The number of H-pyrrole nitrogens is 1. The molecular formula is C21H21N3O4. The second-order valence-electron chi connectivity index (χ2n) is 6.37. The lowest BCUT2D eigenvalue weighted by molar-refractivity contribution is -0.131. The Morgan fingerprint density at radius 1 is 1.14 bits per heavy atom. The molecule has 144 valence electrons. The van der Waals surface area contributed by atoms with Crippen molar-refractivity contribution in [2.45, 2.75) is 13.1 Å². The zero-order valence-electron chi connectivity index (χ0n) is 15.6. The summed E-state index contributed by atoms with van der Waals surface area (Å²) in [7, 11) is 1.65. The summed E-state index contributed by atoms with van der Waals surface area (Å²) in [5.74, 6) is 0.429. The Morgan fingerprint density at radius 3 is 2.50 bits per heavy atom. The number of carbonyl (C=O) groups excluding carboxylic acids is 1. The van der Waals surface area contributed by atoms with Gasteiger partial charge in [-0.3, -0.25) is 19.5 Å². The van der Waals surface area contributed by atoms with Crippen LogP contribution in [0.15, 0.2) is 70.8 Å². The van der Waals surface area contributed by atoms with Crippen molar-refractivity contribution >= 4 is 16.7 Å². The number of hydrogen-bond donors (Lipinski definition) is 1. The highest BCUT2D eigenvalue weighted by Gasteiger charge is 2.14.